The first-order valence-electron chi connectivity index (χ1n) is 6.86. The Balaban J connectivity index is 2.06. The number of carbonyl (C=O) groups is 1. The van der Waals surface area contributed by atoms with Crippen molar-refractivity contribution >= 4 is 11.6 Å². The molecule has 0 bridgehead atoms. The van der Waals surface area contributed by atoms with Gasteiger partial charge in [0.2, 0.25) is 5.91 Å². The van der Waals surface area contributed by atoms with Gasteiger partial charge in [0.15, 0.2) is 0 Å². The van der Waals surface area contributed by atoms with E-state index in [0.717, 1.165) is 6.54 Å². The Kier molecular flexibility index (Phi) is 4.25. The van der Waals surface area contributed by atoms with Gasteiger partial charge in [0.1, 0.15) is 0 Å². The molecule has 3 heteroatoms. The van der Waals surface area contributed by atoms with Crippen LogP contribution in [0.1, 0.15) is 31.7 Å². The molecule has 1 aliphatic heterocycles. The zero-order chi connectivity index (χ0) is 13.8. The molecule has 0 aliphatic carbocycles. The molecule has 19 heavy (non-hydrogen) atoms. The standard InChI is InChI=1S/C16H22N2O/c1-4-9-18(12(2)3)16(19)10-13-11-17-15-8-6-5-7-14(13)15/h4-8,12-13,17H,1,9-11H2,2-3H3. The van der Waals surface area contributed by atoms with Crippen molar-refractivity contribution in [3.8, 4) is 0 Å². The highest BCUT2D eigenvalue weighted by molar-refractivity contribution is 5.78. The molecule has 1 atom stereocenters. The van der Waals surface area contributed by atoms with Crippen LogP contribution in [0.2, 0.25) is 0 Å². The summed E-state index contributed by atoms with van der Waals surface area (Å²) < 4.78 is 0. The number of nitrogens with zero attached hydrogens (tertiary/aromatic N) is 1. The van der Waals surface area contributed by atoms with Gasteiger partial charge in [0.25, 0.3) is 0 Å². The first kappa shape index (κ1) is 13.7. The van der Waals surface area contributed by atoms with Gasteiger partial charge >= 0.3 is 0 Å². The van der Waals surface area contributed by atoms with Gasteiger partial charge < -0.3 is 10.2 Å². The van der Waals surface area contributed by atoms with Crippen molar-refractivity contribution in [1.29, 1.82) is 0 Å². The minimum absolute atomic E-state index is 0.207. The molecule has 102 valence electrons. The second kappa shape index (κ2) is 5.91. The van der Waals surface area contributed by atoms with Gasteiger partial charge in [-0.1, -0.05) is 24.3 Å². The van der Waals surface area contributed by atoms with Crippen LogP contribution in [0.5, 0.6) is 0 Å². The Hall–Kier alpha value is -1.77. The Bertz CT molecular complexity index is 468. The molecule has 0 radical (unpaired) electrons. The number of benzene rings is 1. The molecule has 1 aromatic rings. The summed E-state index contributed by atoms with van der Waals surface area (Å²) in [4.78, 5) is 14.3. The van der Waals surface area contributed by atoms with Crippen molar-refractivity contribution < 1.29 is 4.79 Å². The molecule has 1 heterocycles. The number of rotatable bonds is 5. The van der Waals surface area contributed by atoms with E-state index in [9.17, 15) is 4.79 Å². The number of nitrogens with one attached hydrogen (secondary N) is 1. The average Bonchev–Trinajstić information content (AvgIpc) is 2.79. The van der Waals surface area contributed by atoms with Gasteiger partial charge in [0, 0.05) is 37.2 Å². The summed E-state index contributed by atoms with van der Waals surface area (Å²) in [5.74, 6) is 0.494. The molecule has 0 fully saturated rings. The molecular formula is C16H22N2O. The van der Waals surface area contributed by atoms with E-state index in [1.54, 1.807) is 6.08 Å². The summed E-state index contributed by atoms with van der Waals surface area (Å²) in [5, 5.41) is 3.36. The molecule has 3 nitrogen and oxygen atoms in total. The van der Waals surface area contributed by atoms with Crippen LogP contribution in [0.4, 0.5) is 5.69 Å². The highest BCUT2D eigenvalue weighted by Crippen LogP contribution is 2.33. The number of amides is 1. The van der Waals surface area contributed by atoms with E-state index in [2.05, 4.69) is 24.0 Å². The third kappa shape index (κ3) is 2.98. The number of fused-ring (bicyclic) bond motifs is 1. The molecule has 0 saturated carbocycles. The summed E-state index contributed by atoms with van der Waals surface area (Å²) in [6.07, 6.45) is 2.36. The zero-order valence-electron chi connectivity index (χ0n) is 11.7. The van der Waals surface area contributed by atoms with Crippen LogP contribution < -0.4 is 5.32 Å². The number of carbonyl (C=O) groups excluding carboxylic acids is 1. The van der Waals surface area contributed by atoms with E-state index >= 15 is 0 Å². The van der Waals surface area contributed by atoms with E-state index in [1.165, 1.54) is 11.3 Å². The maximum Gasteiger partial charge on any atom is 0.223 e. The van der Waals surface area contributed by atoms with Crippen LogP contribution >= 0.6 is 0 Å². The largest absolute Gasteiger partial charge is 0.384 e. The summed E-state index contributed by atoms with van der Waals surface area (Å²) >= 11 is 0. The maximum absolute atomic E-state index is 12.4. The fraction of sp³-hybridized carbons (Fsp3) is 0.438. The van der Waals surface area contributed by atoms with Gasteiger partial charge in [-0.25, -0.2) is 0 Å². The molecular weight excluding hydrogens is 236 g/mol. The smallest absolute Gasteiger partial charge is 0.223 e. The lowest BCUT2D eigenvalue weighted by Crippen LogP contribution is -2.37. The van der Waals surface area contributed by atoms with E-state index in [4.69, 9.17) is 0 Å². The number of hydrogen-bond acceptors (Lipinski definition) is 2. The Morgan fingerprint density at radius 2 is 2.26 bits per heavy atom. The molecule has 1 amide bonds. The van der Waals surface area contributed by atoms with E-state index in [0.29, 0.717) is 13.0 Å². The molecule has 0 aromatic heterocycles. The van der Waals surface area contributed by atoms with Crippen molar-refractivity contribution in [3.05, 3.63) is 42.5 Å². The number of anilines is 1. The SMILES string of the molecule is C=CCN(C(=O)CC1CNc2ccccc21)C(C)C. The third-order valence-electron chi connectivity index (χ3n) is 3.63. The Morgan fingerprint density at radius 3 is 2.95 bits per heavy atom. The average molecular weight is 258 g/mol. The lowest BCUT2D eigenvalue weighted by Gasteiger charge is -2.26. The molecule has 1 N–H and O–H groups in total. The number of para-hydroxylation sites is 1. The van der Waals surface area contributed by atoms with E-state index < -0.39 is 0 Å². The van der Waals surface area contributed by atoms with Crippen LogP contribution in [0.25, 0.3) is 0 Å². The maximum atomic E-state index is 12.4. The first-order valence-corrected chi connectivity index (χ1v) is 6.86. The molecule has 2 rings (SSSR count). The molecule has 1 aromatic carbocycles. The highest BCUT2D eigenvalue weighted by Gasteiger charge is 2.26. The second-order valence-electron chi connectivity index (χ2n) is 5.30. The summed E-state index contributed by atoms with van der Waals surface area (Å²) in [7, 11) is 0. The van der Waals surface area contributed by atoms with E-state index in [1.807, 2.05) is 30.9 Å². The van der Waals surface area contributed by atoms with Crippen LogP contribution in [-0.2, 0) is 4.79 Å². The normalized spacial score (nSPS) is 16.9. The van der Waals surface area contributed by atoms with Crippen LogP contribution in [0.3, 0.4) is 0 Å². The lowest BCUT2D eigenvalue weighted by molar-refractivity contribution is -0.132. The monoisotopic (exact) mass is 258 g/mol. The van der Waals surface area contributed by atoms with Crippen LogP contribution in [-0.4, -0.2) is 29.9 Å². The van der Waals surface area contributed by atoms with Crippen molar-refractivity contribution in [2.75, 3.05) is 18.4 Å². The second-order valence-corrected chi connectivity index (χ2v) is 5.30. The Labute approximate surface area is 115 Å². The van der Waals surface area contributed by atoms with Gasteiger partial charge in [0.05, 0.1) is 0 Å². The number of hydrogen-bond donors (Lipinski definition) is 1. The molecule has 0 saturated heterocycles. The summed E-state index contributed by atoms with van der Waals surface area (Å²) in [6, 6.07) is 8.46. The fourth-order valence-electron chi connectivity index (χ4n) is 2.61. The van der Waals surface area contributed by atoms with Crippen molar-refractivity contribution in [2.24, 2.45) is 0 Å². The minimum atomic E-state index is 0.207. The molecule has 1 unspecified atom stereocenters. The predicted octanol–water partition coefficient (Wildman–Crippen LogP) is 3.01. The van der Waals surface area contributed by atoms with Crippen molar-refractivity contribution in [1.82, 2.24) is 4.90 Å². The van der Waals surface area contributed by atoms with Gasteiger partial charge in [-0.15, -0.1) is 6.58 Å². The lowest BCUT2D eigenvalue weighted by atomic mass is 9.97. The molecule has 1 aliphatic rings. The zero-order valence-corrected chi connectivity index (χ0v) is 11.7. The topological polar surface area (TPSA) is 32.3 Å². The summed E-state index contributed by atoms with van der Waals surface area (Å²) in [6.45, 7) is 9.29. The predicted molar refractivity (Wildman–Crippen MR) is 79.3 cm³/mol. The quantitative estimate of drug-likeness (QED) is 0.823. The van der Waals surface area contributed by atoms with Crippen LogP contribution in [0, 0.1) is 0 Å². The first-order chi connectivity index (χ1) is 9.13. The van der Waals surface area contributed by atoms with Gasteiger partial charge in [-0.3, -0.25) is 4.79 Å². The van der Waals surface area contributed by atoms with E-state index in [-0.39, 0.29) is 17.9 Å². The van der Waals surface area contributed by atoms with Crippen LogP contribution in [0.15, 0.2) is 36.9 Å². The minimum Gasteiger partial charge on any atom is -0.384 e. The van der Waals surface area contributed by atoms with Crippen molar-refractivity contribution in [3.63, 3.8) is 0 Å². The van der Waals surface area contributed by atoms with Crippen molar-refractivity contribution in [2.45, 2.75) is 32.2 Å². The van der Waals surface area contributed by atoms with Gasteiger partial charge in [-0.2, -0.15) is 0 Å². The summed E-state index contributed by atoms with van der Waals surface area (Å²) in [5.41, 5.74) is 2.43. The Morgan fingerprint density at radius 1 is 1.53 bits per heavy atom. The van der Waals surface area contributed by atoms with Gasteiger partial charge in [-0.05, 0) is 25.5 Å². The third-order valence-corrected chi connectivity index (χ3v) is 3.63. The fourth-order valence-corrected chi connectivity index (χ4v) is 2.61. The highest BCUT2D eigenvalue weighted by atomic mass is 16.2. The molecule has 0 spiro atoms.